The molecule has 0 aromatic heterocycles. The second-order valence-corrected chi connectivity index (χ2v) is 9.36. The highest BCUT2D eigenvalue weighted by Crippen LogP contribution is 2.25. The molecule has 1 atom stereocenters. The van der Waals surface area contributed by atoms with Crippen molar-refractivity contribution in [1.82, 2.24) is 14.1 Å². The summed E-state index contributed by atoms with van der Waals surface area (Å²) in [6, 6.07) is 6.02. The van der Waals surface area contributed by atoms with Gasteiger partial charge >= 0.3 is 0 Å². The van der Waals surface area contributed by atoms with Crippen LogP contribution in [0.4, 0.5) is 8.78 Å². The number of nitrogens with zero attached hydrogens (tertiary/aromatic N) is 3. The number of rotatable bonds is 5. The molecule has 1 unspecified atom stereocenters. The fraction of sp³-hybridized carbons (Fsp3) is 0.632. The molecule has 28 heavy (non-hydrogen) atoms. The minimum atomic E-state index is -3.57. The molecule has 1 amide bonds. The van der Waals surface area contributed by atoms with E-state index in [1.165, 1.54) is 28.6 Å². The normalized spacial score (nSPS) is 22.6. The molecule has 2 aliphatic heterocycles. The monoisotopic (exact) mass is 415 g/mol. The SMILES string of the molecule is CC1CCCCN1S(=O)(=O)c1ccc(C(=O)N2CCN(CC(F)F)CC2)cc1. The van der Waals surface area contributed by atoms with Crippen LogP contribution in [0.2, 0.25) is 0 Å². The number of hydrogen-bond acceptors (Lipinski definition) is 4. The number of benzene rings is 1. The van der Waals surface area contributed by atoms with Gasteiger partial charge in [0, 0.05) is 44.3 Å². The predicted molar refractivity (Wildman–Crippen MR) is 102 cm³/mol. The second kappa shape index (κ2) is 8.84. The Labute approximate surface area is 165 Å². The fourth-order valence-corrected chi connectivity index (χ4v) is 5.54. The van der Waals surface area contributed by atoms with E-state index < -0.39 is 16.4 Å². The van der Waals surface area contributed by atoms with E-state index in [9.17, 15) is 22.0 Å². The minimum absolute atomic E-state index is 0.0235. The molecular weight excluding hydrogens is 388 g/mol. The Kier molecular flexibility index (Phi) is 6.67. The van der Waals surface area contributed by atoms with Crippen molar-refractivity contribution < 1.29 is 22.0 Å². The Balaban J connectivity index is 1.65. The molecule has 1 aromatic rings. The van der Waals surface area contributed by atoms with Gasteiger partial charge in [0.15, 0.2) is 0 Å². The lowest BCUT2D eigenvalue weighted by Gasteiger charge is -2.34. The van der Waals surface area contributed by atoms with Crippen molar-refractivity contribution in [3.8, 4) is 0 Å². The Hall–Kier alpha value is -1.58. The third kappa shape index (κ3) is 4.69. The second-order valence-electron chi connectivity index (χ2n) is 7.47. The number of sulfonamides is 1. The Morgan fingerprint density at radius 1 is 1.07 bits per heavy atom. The summed E-state index contributed by atoms with van der Waals surface area (Å²) in [7, 11) is -3.57. The first-order chi connectivity index (χ1) is 13.3. The summed E-state index contributed by atoms with van der Waals surface area (Å²) >= 11 is 0. The number of halogens is 2. The van der Waals surface area contributed by atoms with E-state index in [0.717, 1.165) is 19.3 Å². The van der Waals surface area contributed by atoms with E-state index in [1.807, 2.05) is 6.92 Å². The van der Waals surface area contributed by atoms with Crippen LogP contribution in [-0.2, 0) is 10.0 Å². The zero-order valence-electron chi connectivity index (χ0n) is 16.1. The number of alkyl halides is 2. The lowest BCUT2D eigenvalue weighted by molar-refractivity contribution is 0.0459. The van der Waals surface area contributed by atoms with Crippen LogP contribution in [0.5, 0.6) is 0 Å². The van der Waals surface area contributed by atoms with E-state index in [2.05, 4.69) is 0 Å². The van der Waals surface area contributed by atoms with E-state index in [0.29, 0.717) is 38.3 Å². The van der Waals surface area contributed by atoms with E-state index >= 15 is 0 Å². The largest absolute Gasteiger partial charge is 0.336 e. The number of piperazine rings is 1. The average molecular weight is 416 g/mol. The van der Waals surface area contributed by atoms with Crippen molar-refractivity contribution in [3.63, 3.8) is 0 Å². The molecule has 2 heterocycles. The topological polar surface area (TPSA) is 60.9 Å². The molecular formula is C19H27F2N3O3S. The van der Waals surface area contributed by atoms with Gasteiger partial charge in [0.25, 0.3) is 12.3 Å². The van der Waals surface area contributed by atoms with Crippen LogP contribution in [0.1, 0.15) is 36.5 Å². The van der Waals surface area contributed by atoms with Gasteiger partial charge in [-0.1, -0.05) is 6.42 Å². The first-order valence-corrected chi connectivity index (χ1v) is 11.1. The molecule has 3 rings (SSSR count). The van der Waals surface area contributed by atoms with Gasteiger partial charge in [-0.25, -0.2) is 17.2 Å². The molecule has 0 radical (unpaired) electrons. The lowest BCUT2D eigenvalue weighted by Crippen LogP contribution is -2.49. The van der Waals surface area contributed by atoms with Crippen LogP contribution in [0.25, 0.3) is 0 Å². The fourth-order valence-electron chi connectivity index (χ4n) is 3.85. The van der Waals surface area contributed by atoms with Gasteiger partial charge in [0.1, 0.15) is 0 Å². The number of piperidine rings is 1. The zero-order chi connectivity index (χ0) is 20.3. The van der Waals surface area contributed by atoms with Crippen molar-refractivity contribution in [1.29, 1.82) is 0 Å². The van der Waals surface area contributed by atoms with Gasteiger partial charge in [-0.05, 0) is 44.0 Å². The molecule has 0 aliphatic carbocycles. The summed E-state index contributed by atoms with van der Waals surface area (Å²) in [6.45, 7) is 3.76. The maximum absolute atomic E-state index is 12.9. The van der Waals surface area contributed by atoms with Crippen molar-refractivity contribution in [2.24, 2.45) is 0 Å². The third-order valence-electron chi connectivity index (χ3n) is 5.51. The maximum atomic E-state index is 12.9. The van der Waals surface area contributed by atoms with Crippen molar-refractivity contribution in [2.75, 3.05) is 39.3 Å². The molecule has 0 saturated carbocycles. The molecule has 0 spiro atoms. The van der Waals surface area contributed by atoms with E-state index in [4.69, 9.17) is 0 Å². The molecule has 0 N–H and O–H groups in total. The summed E-state index contributed by atoms with van der Waals surface area (Å²) in [5, 5.41) is 0. The molecule has 9 heteroatoms. The van der Waals surface area contributed by atoms with E-state index in [-0.39, 0.29) is 23.4 Å². The van der Waals surface area contributed by atoms with Crippen LogP contribution >= 0.6 is 0 Å². The van der Waals surface area contributed by atoms with Crippen LogP contribution in [0, 0.1) is 0 Å². The molecule has 2 saturated heterocycles. The number of carbonyl (C=O) groups excluding carboxylic acids is 1. The smallest absolute Gasteiger partial charge is 0.253 e. The Morgan fingerprint density at radius 2 is 1.71 bits per heavy atom. The van der Waals surface area contributed by atoms with Crippen LogP contribution < -0.4 is 0 Å². The highest BCUT2D eigenvalue weighted by Gasteiger charge is 2.31. The number of carbonyl (C=O) groups is 1. The van der Waals surface area contributed by atoms with Crippen LogP contribution in [0.15, 0.2) is 29.2 Å². The van der Waals surface area contributed by atoms with Gasteiger partial charge in [0.2, 0.25) is 10.0 Å². The molecule has 1 aromatic carbocycles. The summed E-state index contributed by atoms with van der Waals surface area (Å²) < 4.78 is 52.2. The maximum Gasteiger partial charge on any atom is 0.253 e. The molecule has 0 bridgehead atoms. The standard InChI is InChI=1S/C19H27F2N3O3S/c1-15-4-2-3-9-24(15)28(26,27)17-7-5-16(6-8-17)19(25)23-12-10-22(11-13-23)14-18(20)21/h5-8,15,18H,2-4,9-14H2,1H3. The predicted octanol–water partition coefficient (Wildman–Crippen LogP) is 2.27. The molecule has 156 valence electrons. The van der Waals surface area contributed by atoms with Crippen LogP contribution in [-0.4, -0.2) is 80.2 Å². The minimum Gasteiger partial charge on any atom is -0.336 e. The first-order valence-electron chi connectivity index (χ1n) is 9.70. The quantitative estimate of drug-likeness (QED) is 0.740. The van der Waals surface area contributed by atoms with Gasteiger partial charge < -0.3 is 4.90 Å². The highest BCUT2D eigenvalue weighted by molar-refractivity contribution is 7.89. The average Bonchev–Trinajstić information content (AvgIpc) is 2.68. The van der Waals surface area contributed by atoms with Gasteiger partial charge in [-0.15, -0.1) is 0 Å². The molecule has 2 aliphatic rings. The van der Waals surface area contributed by atoms with Crippen molar-refractivity contribution >= 4 is 15.9 Å². The molecule has 2 fully saturated rings. The van der Waals surface area contributed by atoms with E-state index in [1.54, 1.807) is 9.80 Å². The molecule has 6 nitrogen and oxygen atoms in total. The lowest BCUT2D eigenvalue weighted by atomic mass is 10.1. The van der Waals surface area contributed by atoms with Crippen molar-refractivity contribution in [3.05, 3.63) is 29.8 Å². The summed E-state index contributed by atoms with van der Waals surface area (Å²) in [5.74, 6) is -0.202. The number of hydrogen-bond donors (Lipinski definition) is 0. The van der Waals surface area contributed by atoms with Crippen molar-refractivity contribution in [2.45, 2.75) is 43.5 Å². The first kappa shape index (κ1) is 21.1. The number of amides is 1. The summed E-state index contributed by atoms with van der Waals surface area (Å²) in [5.41, 5.74) is 0.410. The van der Waals surface area contributed by atoms with Gasteiger partial charge in [-0.3, -0.25) is 9.69 Å². The zero-order valence-corrected chi connectivity index (χ0v) is 16.9. The summed E-state index contributed by atoms with van der Waals surface area (Å²) in [4.78, 5) is 16.1. The van der Waals surface area contributed by atoms with Gasteiger partial charge in [-0.2, -0.15) is 4.31 Å². The van der Waals surface area contributed by atoms with Gasteiger partial charge in [0.05, 0.1) is 11.4 Å². The summed E-state index contributed by atoms with van der Waals surface area (Å²) in [6.07, 6.45) is 0.371. The third-order valence-corrected chi connectivity index (χ3v) is 7.53. The Bertz CT molecular complexity index is 778. The Morgan fingerprint density at radius 3 is 2.29 bits per heavy atom. The highest BCUT2D eigenvalue weighted by atomic mass is 32.2. The van der Waals surface area contributed by atoms with Crippen LogP contribution in [0.3, 0.4) is 0 Å².